The summed E-state index contributed by atoms with van der Waals surface area (Å²) < 4.78 is 0. The van der Waals surface area contributed by atoms with Crippen LogP contribution in [0.25, 0.3) is 0 Å². The Balaban J connectivity index is 2.39. The van der Waals surface area contributed by atoms with E-state index in [-0.39, 0.29) is 0 Å². The first-order valence-corrected chi connectivity index (χ1v) is 8.21. The van der Waals surface area contributed by atoms with Crippen LogP contribution in [0.15, 0.2) is 24.3 Å². The van der Waals surface area contributed by atoms with Gasteiger partial charge in [0.25, 0.3) is 0 Å². The fourth-order valence-electron chi connectivity index (χ4n) is 2.75. The minimum Gasteiger partial charge on any atom is -0.271 e. The maximum absolute atomic E-state index is 5.74. The van der Waals surface area contributed by atoms with Gasteiger partial charge in [-0.25, -0.2) is 0 Å². The molecule has 2 nitrogen and oxygen atoms in total. The summed E-state index contributed by atoms with van der Waals surface area (Å²) in [5, 5.41) is 0. The molecule has 1 rings (SSSR count). The van der Waals surface area contributed by atoms with E-state index in [0.717, 1.165) is 18.8 Å². The Kier molecular flexibility index (Phi) is 8.56. The third-order valence-corrected chi connectivity index (χ3v) is 4.30. The van der Waals surface area contributed by atoms with Crippen LogP contribution in [0.3, 0.4) is 0 Å². The van der Waals surface area contributed by atoms with E-state index in [0.29, 0.717) is 6.04 Å². The normalized spacial score (nSPS) is 14.2. The Morgan fingerprint density at radius 2 is 1.80 bits per heavy atom. The van der Waals surface area contributed by atoms with Crippen molar-refractivity contribution in [3.8, 4) is 0 Å². The third-order valence-electron chi connectivity index (χ3n) is 4.30. The van der Waals surface area contributed by atoms with E-state index < -0.39 is 0 Å². The fraction of sp³-hybridized carbons (Fsp3) is 0.667. The second-order valence-corrected chi connectivity index (χ2v) is 6.04. The standard InChI is InChI=1S/C18H32N2/c1-4-6-7-16(5-2)14-18(20-19)13-12-17-10-8-15(3)9-11-17/h8-11,16,18,20H,4-7,12-14,19H2,1-3H3. The van der Waals surface area contributed by atoms with E-state index in [1.807, 2.05) is 0 Å². The average Bonchev–Trinajstić information content (AvgIpc) is 2.48. The molecule has 0 bridgehead atoms. The van der Waals surface area contributed by atoms with E-state index in [9.17, 15) is 0 Å². The Morgan fingerprint density at radius 1 is 1.10 bits per heavy atom. The lowest BCUT2D eigenvalue weighted by atomic mass is 9.90. The molecule has 2 heteroatoms. The molecule has 2 atom stereocenters. The van der Waals surface area contributed by atoms with Crippen molar-refractivity contribution in [1.82, 2.24) is 5.43 Å². The molecule has 0 saturated carbocycles. The van der Waals surface area contributed by atoms with Gasteiger partial charge in [0, 0.05) is 6.04 Å². The van der Waals surface area contributed by atoms with Gasteiger partial charge in [-0.1, -0.05) is 69.4 Å². The molecule has 0 saturated heterocycles. The quantitative estimate of drug-likeness (QED) is 0.492. The SMILES string of the molecule is CCCCC(CC)CC(CCc1ccc(C)cc1)NN. The molecule has 0 aliphatic carbocycles. The van der Waals surface area contributed by atoms with Crippen LogP contribution in [-0.2, 0) is 6.42 Å². The van der Waals surface area contributed by atoms with Gasteiger partial charge in [0.15, 0.2) is 0 Å². The summed E-state index contributed by atoms with van der Waals surface area (Å²) in [5.41, 5.74) is 5.77. The highest BCUT2D eigenvalue weighted by molar-refractivity contribution is 5.21. The number of rotatable bonds is 10. The minimum absolute atomic E-state index is 0.443. The summed E-state index contributed by atoms with van der Waals surface area (Å²) in [5.74, 6) is 6.56. The van der Waals surface area contributed by atoms with E-state index >= 15 is 0 Å². The summed E-state index contributed by atoms with van der Waals surface area (Å²) in [4.78, 5) is 0. The number of nitrogens with one attached hydrogen (secondary N) is 1. The molecule has 20 heavy (non-hydrogen) atoms. The Hall–Kier alpha value is -0.860. The molecule has 114 valence electrons. The molecule has 0 amide bonds. The summed E-state index contributed by atoms with van der Waals surface area (Å²) in [6.45, 7) is 6.70. The van der Waals surface area contributed by atoms with Crippen molar-refractivity contribution < 1.29 is 0 Å². The minimum atomic E-state index is 0.443. The largest absolute Gasteiger partial charge is 0.271 e. The van der Waals surface area contributed by atoms with Crippen molar-refractivity contribution in [3.63, 3.8) is 0 Å². The topological polar surface area (TPSA) is 38.0 Å². The summed E-state index contributed by atoms with van der Waals surface area (Å²) in [6, 6.07) is 9.29. The highest BCUT2D eigenvalue weighted by Crippen LogP contribution is 2.20. The Morgan fingerprint density at radius 3 is 2.35 bits per heavy atom. The highest BCUT2D eigenvalue weighted by Gasteiger charge is 2.14. The molecule has 1 aromatic carbocycles. The predicted molar refractivity (Wildman–Crippen MR) is 88.5 cm³/mol. The van der Waals surface area contributed by atoms with Gasteiger partial charge < -0.3 is 0 Å². The van der Waals surface area contributed by atoms with Gasteiger partial charge in [0.05, 0.1) is 0 Å². The van der Waals surface area contributed by atoms with Gasteiger partial charge in [0.2, 0.25) is 0 Å². The molecular formula is C18H32N2. The zero-order chi connectivity index (χ0) is 14.8. The molecule has 0 spiro atoms. The maximum Gasteiger partial charge on any atom is 0.0216 e. The second-order valence-electron chi connectivity index (χ2n) is 6.04. The van der Waals surface area contributed by atoms with Gasteiger partial charge in [-0.15, -0.1) is 0 Å². The molecule has 0 radical (unpaired) electrons. The highest BCUT2D eigenvalue weighted by atomic mass is 15.2. The second kappa shape index (κ2) is 9.95. The first kappa shape index (κ1) is 17.2. The Bertz CT molecular complexity index is 345. The summed E-state index contributed by atoms with van der Waals surface area (Å²) >= 11 is 0. The van der Waals surface area contributed by atoms with Crippen molar-refractivity contribution in [2.24, 2.45) is 11.8 Å². The molecule has 0 heterocycles. The van der Waals surface area contributed by atoms with Gasteiger partial charge in [-0.2, -0.15) is 0 Å². The van der Waals surface area contributed by atoms with Crippen molar-refractivity contribution in [3.05, 3.63) is 35.4 Å². The maximum atomic E-state index is 5.74. The van der Waals surface area contributed by atoms with Crippen LogP contribution in [0.2, 0.25) is 0 Å². The van der Waals surface area contributed by atoms with Crippen LogP contribution in [0.5, 0.6) is 0 Å². The van der Waals surface area contributed by atoms with Crippen LogP contribution in [0.4, 0.5) is 0 Å². The number of nitrogens with two attached hydrogens (primary N) is 1. The zero-order valence-corrected chi connectivity index (χ0v) is 13.5. The smallest absolute Gasteiger partial charge is 0.0216 e. The van der Waals surface area contributed by atoms with Gasteiger partial charge in [-0.3, -0.25) is 11.3 Å². The first-order chi connectivity index (χ1) is 9.69. The third kappa shape index (κ3) is 6.53. The summed E-state index contributed by atoms with van der Waals surface area (Å²) in [7, 11) is 0. The lowest BCUT2D eigenvalue weighted by molar-refractivity contribution is 0.340. The van der Waals surface area contributed by atoms with Crippen LogP contribution in [0, 0.1) is 12.8 Å². The van der Waals surface area contributed by atoms with Crippen molar-refractivity contribution in [2.75, 3.05) is 0 Å². The van der Waals surface area contributed by atoms with E-state index in [1.165, 1.54) is 43.2 Å². The zero-order valence-electron chi connectivity index (χ0n) is 13.5. The summed E-state index contributed by atoms with van der Waals surface area (Å²) in [6.07, 6.45) is 8.69. The van der Waals surface area contributed by atoms with Crippen LogP contribution >= 0.6 is 0 Å². The van der Waals surface area contributed by atoms with Gasteiger partial charge >= 0.3 is 0 Å². The van der Waals surface area contributed by atoms with Crippen LogP contribution < -0.4 is 11.3 Å². The number of hydrazine groups is 1. The molecule has 0 aliphatic rings. The Labute approximate surface area is 125 Å². The molecule has 3 N–H and O–H groups in total. The fourth-order valence-corrected chi connectivity index (χ4v) is 2.75. The lowest BCUT2D eigenvalue weighted by Crippen LogP contribution is -2.37. The molecular weight excluding hydrogens is 244 g/mol. The van der Waals surface area contributed by atoms with E-state index in [4.69, 9.17) is 5.84 Å². The number of aryl methyl sites for hydroxylation is 2. The predicted octanol–water partition coefficient (Wildman–Crippen LogP) is 4.37. The molecule has 0 fully saturated rings. The average molecular weight is 276 g/mol. The monoisotopic (exact) mass is 276 g/mol. The number of unbranched alkanes of at least 4 members (excludes halogenated alkanes) is 1. The first-order valence-electron chi connectivity index (χ1n) is 8.21. The van der Waals surface area contributed by atoms with Crippen molar-refractivity contribution in [2.45, 2.75) is 71.8 Å². The molecule has 2 unspecified atom stereocenters. The molecule has 1 aromatic rings. The van der Waals surface area contributed by atoms with Gasteiger partial charge in [0.1, 0.15) is 0 Å². The van der Waals surface area contributed by atoms with E-state index in [1.54, 1.807) is 0 Å². The molecule has 0 aromatic heterocycles. The van der Waals surface area contributed by atoms with E-state index in [2.05, 4.69) is 50.5 Å². The number of hydrogen-bond acceptors (Lipinski definition) is 2. The van der Waals surface area contributed by atoms with Gasteiger partial charge in [-0.05, 0) is 37.7 Å². The van der Waals surface area contributed by atoms with Crippen LogP contribution in [0.1, 0.15) is 63.5 Å². The lowest BCUT2D eigenvalue weighted by Gasteiger charge is -2.22. The van der Waals surface area contributed by atoms with Crippen LogP contribution in [-0.4, -0.2) is 6.04 Å². The van der Waals surface area contributed by atoms with Crippen molar-refractivity contribution >= 4 is 0 Å². The number of benzene rings is 1. The van der Waals surface area contributed by atoms with Crippen molar-refractivity contribution in [1.29, 1.82) is 0 Å². The molecule has 0 aliphatic heterocycles. The number of hydrogen-bond donors (Lipinski definition) is 2.